The maximum Gasteiger partial charge on any atom is 0.308 e. The standard InChI is InChI=1S/C27H24F3NO5/c1-35-17-7-3-15(4-8-17)26(16-5-9-18(36-2)10-6-16)31-14-21(27(33)34)19(12-25(31)32)20-11-23(29)24(30)13-22(20)28/h3-11,13,19,21,26H,12,14H2,1-2H3,(H,33,34). The zero-order valence-electron chi connectivity index (χ0n) is 19.6. The molecule has 3 aromatic rings. The van der Waals surface area contributed by atoms with E-state index in [4.69, 9.17) is 9.47 Å². The number of halogens is 3. The molecule has 1 aliphatic rings. The quantitative estimate of drug-likeness (QED) is 0.467. The van der Waals surface area contributed by atoms with Gasteiger partial charge in [-0.05, 0) is 47.0 Å². The number of hydrogen-bond acceptors (Lipinski definition) is 4. The van der Waals surface area contributed by atoms with Gasteiger partial charge >= 0.3 is 5.97 Å². The molecule has 36 heavy (non-hydrogen) atoms. The summed E-state index contributed by atoms with van der Waals surface area (Å²) in [4.78, 5) is 27.1. The van der Waals surface area contributed by atoms with E-state index in [1.54, 1.807) is 48.5 Å². The summed E-state index contributed by atoms with van der Waals surface area (Å²) in [6.45, 7) is -0.264. The van der Waals surface area contributed by atoms with Crippen LogP contribution in [-0.2, 0) is 9.59 Å². The van der Waals surface area contributed by atoms with Gasteiger partial charge in [0.25, 0.3) is 0 Å². The van der Waals surface area contributed by atoms with Gasteiger partial charge in [-0.2, -0.15) is 0 Å². The minimum atomic E-state index is -1.38. The van der Waals surface area contributed by atoms with E-state index < -0.39 is 47.2 Å². The summed E-state index contributed by atoms with van der Waals surface area (Å²) >= 11 is 0. The van der Waals surface area contributed by atoms with Gasteiger partial charge in [0.15, 0.2) is 11.6 Å². The van der Waals surface area contributed by atoms with Crippen LogP contribution in [0.5, 0.6) is 11.5 Å². The van der Waals surface area contributed by atoms with Crippen LogP contribution in [0.15, 0.2) is 60.7 Å². The molecule has 6 nitrogen and oxygen atoms in total. The molecular formula is C27H24F3NO5. The lowest BCUT2D eigenvalue weighted by atomic mass is 9.78. The molecule has 0 bridgehead atoms. The van der Waals surface area contributed by atoms with Crippen LogP contribution in [0, 0.1) is 23.4 Å². The first-order valence-electron chi connectivity index (χ1n) is 11.2. The van der Waals surface area contributed by atoms with Gasteiger partial charge in [0.05, 0.1) is 26.2 Å². The van der Waals surface area contributed by atoms with Crippen molar-refractivity contribution in [3.63, 3.8) is 0 Å². The van der Waals surface area contributed by atoms with Crippen LogP contribution in [0.1, 0.15) is 35.1 Å². The number of ether oxygens (including phenoxy) is 2. The second-order valence-corrected chi connectivity index (χ2v) is 8.54. The molecule has 1 N–H and O–H groups in total. The maximum absolute atomic E-state index is 14.6. The highest BCUT2D eigenvalue weighted by atomic mass is 19.2. The van der Waals surface area contributed by atoms with Crippen molar-refractivity contribution >= 4 is 11.9 Å². The number of carboxylic acids is 1. The van der Waals surface area contributed by atoms with Gasteiger partial charge in [0.2, 0.25) is 5.91 Å². The summed E-state index contributed by atoms with van der Waals surface area (Å²) in [6.07, 6.45) is -0.387. The molecule has 0 aliphatic carbocycles. The second-order valence-electron chi connectivity index (χ2n) is 8.54. The highest BCUT2D eigenvalue weighted by molar-refractivity contribution is 5.83. The monoisotopic (exact) mass is 499 g/mol. The summed E-state index contributed by atoms with van der Waals surface area (Å²) in [5.41, 5.74) is 1.08. The van der Waals surface area contributed by atoms with Crippen molar-refractivity contribution in [1.29, 1.82) is 0 Å². The van der Waals surface area contributed by atoms with Gasteiger partial charge in [-0.15, -0.1) is 0 Å². The molecule has 2 atom stereocenters. The van der Waals surface area contributed by atoms with E-state index in [9.17, 15) is 27.9 Å². The van der Waals surface area contributed by atoms with E-state index in [0.29, 0.717) is 34.8 Å². The van der Waals surface area contributed by atoms with E-state index in [-0.39, 0.29) is 18.5 Å². The Morgan fingerprint density at radius 2 is 1.39 bits per heavy atom. The van der Waals surface area contributed by atoms with Crippen molar-refractivity contribution in [3.8, 4) is 11.5 Å². The van der Waals surface area contributed by atoms with E-state index in [1.165, 1.54) is 19.1 Å². The van der Waals surface area contributed by atoms with Crippen LogP contribution in [0.3, 0.4) is 0 Å². The number of carboxylic acid groups (broad SMARTS) is 1. The molecule has 2 unspecified atom stereocenters. The summed E-state index contributed by atoms with van der Waals surface area (Å²) in [7, 11) is 3.05. The Hall–Kier alpha value is -4.01. The van der Waals surface area contributed by atoms with Crippen LogP contribution in [0.25, 0.3) is 0 Å². The van der Waals surface area contributed by atoms with Gasteiger partial charge in [-0.25, -0.2) is 13.2 Å². The first-order chi connectivity index (χ1) is 17.2. The number of rotatable bonds is 7. The van der Waals surface area contributed by atoms with Gasteiger partial charge in [-0.3, -0.25) is 9.59 Å². The minimum Gasteiger partial charge on any atom is -0.497 e. The summed E-state index contributed by atoms with van der Waals surface area (Å²) in [5.74, 6) is -6.69. The Morgan fingerprint density at radius 3 is 1.86 bits per heavy atom. The van der Waals surface area contributed by atoms with Crippen molar-refractivity contribution in [1.82, 2.24) is 4.90 Å². The Morgan fingerprint density at radius 1 is 0.889 bits per heavy atom. The first-order valence-corrected chi connectivity index (χ1v) is 11.2. The normalized spacial score (nSPS) is 17.8. The lowest BCUT2D eigenvalue weighted by molar-refractivity contribution is -0.149. The predicted molar refractivity (Wildman–Crippen MR) is 124 cm³/mol. The number of amides is 1. The molecule has 1 amide bonds. The number of methoxy groups -OCH3 is 2. The molecule has 3 aromatic carbocycles. The Balaban J connectivity index is 1.76. The summed E-state index contributed by atoms with van der Waals surface area (Å²) in [5, 5.41) is 9.99. The van der Waals surface area contributed by atoms with Gasteiger partial charge in [0, 0.05) is 24.9 Å². The number of carbonyl (C=O) groups excluding carboxylic acids is 1. The van der Waals surface area contributed by atoms with Crippen LogP contribution in [0.4, 0.5) is 13.2 Å². The fourth-order valence-corrected chi connectivity index (χ4v) is 4.66. The maximum atomic E-state index is 14.6. The first kappa shape index (κ1) is 25.1. The molecule has 4 rings (SSSR count). The molecule has 9 heteroatoms. The number of carbonyl (C=O) groups is 2. The van der Waals surface area contributed by atoms with E-state index in [0.717, 1.165) is 0 Å². The van der Waals surface area contributed by atoms with Crippen LogP contribution >= 0.6 is 0 Å². The molecule has 1 saturated heterocycles. The molecule has 0 radical (unpaired) electrons. The lowest BCUT2D eigenvalue weighted by Gasteiger charge is -2.41. The van der Waals surface area contributed by atoms with E-state index >= 15 is 0 Å². The topological polar surface area (TPSA) is 76.1 Å². The molecule has 188 valence electrons. The van der Waals surface area contributed by atoms with Crippen LogP contribution in [0.2, 0.25) is 0 Å². The molecule has 0 spiro atoms. The van der Waals surface area contributed by atoms with Crippen molar-refractivity contribution in [3.05, 3.63) is 94.8 Å². The number of likely N-dealkylation sites (tertiary alicyclic amines) is 1. The number of aliphatic carboxylic acids is 1. The third-order valence-electron chi connectivity index (χ3n) is 6.52. The largest absolute Gasteiger partial charge is 0.497 e. The minimum absolute atomic E-state index is 0.264. The van der Waals surface area contributed by atoms with Gasteiger partial charge < -0.3 is 19.5 Å². The third-order valence-corrected chi connectivity index (χ3v) is 6.52. The summed E-state index contributed by atoms with van der Waals surface area (Å²) < 4.78 is 52.4. The number of hydrogen-bond donors (Lipinski definition) is 1. The average molecular weight is 499 g/mol. The Labute approximate surface area is 205 Å². The summed E-state index contributed by atoms with van der Waals surface area (Å²) in [6, 6.07) is 14.4. The number of piperidine rings is 1. The molecule has 0 aromatic heterocycles. The highest BCUT2D eigenvalue weighted by Crippen LogP contribution is 2.41. The zero-order chi connectivity index (χ0) is 26.0. The predicted octanol–water partition coefficient (Wildman–Crippen LogP) is 4.93. The third kappa shape index (κ3) is 4.86. The highest BCUT2D eigenvalue weighted by Gasteiger charge is 2.43. The number of nitrogens with zero attached hydrogens (tertiary/aromatic N) is 1. The van der Waals surface area contributed by atoms with Crippen molar-refractivity contribution in [2.45, 2.75) is 18.4 Å². The fraction of sp³-hybridized carbons (Fsp3) is 0.259. The average Bonchev–Trinajstić information content (AvgIpc) is 2.87. The van der Waals surface area contributed by atoms with E-state index in [2.05, 4.69) is 0 Å². The van der Waals surface area contributed by atoms with E-state index in [1.807, 2.05) is 0 Å². The smallest absolute Gasteiger partial charge is 0.308 e. The molecule has 0 saturated carbocycles. The van der Waals surface area contributed by atoms with Crippen LogP contribution < -0.4 is 9.47 Å². The van der Waals surface area contributed by atoms with Crippen molar-refractivity contribution in [2.24, 2.45) is 5.92 Å². The molecule has 1 fully saturated rings. The molecular weight excluding hydrogens is 475 g/mol. The molecule has 1 aliphatic heterocycles. The van der Waals surface area contributed by atoms with Crippen molar-refractivity contribution in [2.75, 3.05) is 20.8 Å². The Kier molecular flexibility index (Phi) is 7.19. The second kappa shape index (κ2) is 10.3. The number of benzene rings is 3. The van der Waals surface area contributed by atoms with Gasteiger partial charge in [0.1, 0.15) is 17.3 Å². The fourth-order valence-electron chi connectivity index (χ4n) is 4.66. The Bertz CT molecular complexity index is 1220. The van der Waals surface area contributed by atoms with Crippen molar-refractivity contribution < 1.29 is 37.3 Å². The van der Waals surface area contributed by atoms with Gasteiger partial charge in [-0.1, -0.05) is 24.3 Å². The molecule has 1 heterocycles. The zero-order valence-corrected chi connectivity index (χ0v) is 19.6. The lowest BCUT2D eigenvalue weighted by Crippen LogP contribution is -2.48. The van der Waals surface area contributed by atoms with Crippen LogP contribution in [-0.4, -0.2) is 42.6 Å². The SMILES string of the molecule is COc1ccc(C(c2ccc(OC)cc2)N2CC(C(=O)O)C(c3cc(F)c(F)cc3F)CC2=O)cc1.